The molecule has 1 fully saturated rings. The Kier molecular flexibility index (Phi) is 3.87. The average Bonchev–Trinajstić information content (AvgIpc) is 1.97. The summed E-state index contributed by atoms with van der Waals surface area (Å²) in [5, 5.41) is 9.79. The lowest BCUT2D eigenvalue weighted by molar-refractivity contribution is -0.199. The van der Waals surface area contributed by atoms with E-state index in [0.717, 1.165) is 0 Å². The standard InChI is InChI=1S/C10H19F3N2O/c1-7(14)8(10(11,12)13)15-5-3-4-9(2,16)6-15/h7-8,16H,3-6,14H2,1-2H3. The fourth-order valence-electron chi connectivity index (χ4n) is 2.33. The minimum atomic E-state index is -4.35. The normalized spacial score (nSPS) is 32.4. The number of hydrogen-bond acceptors (Lipinski definition) is 3. The molecule has 3 N–H and O–H groups in total. The van der Waals surface area contributed by atoms with E-state index >= 15 is 0 Å². The molecule has 0 aromatic rings. The summed E-state index contributed by atoms with van der Waals surface area (Å²) in [6.45, 7) is 3.27. The van der Waals surface area contributed by atoms with Crippen molar-refractivity contribution in [3.63, 3.8) is 0 Å². The number of aliphatic hydroxyl groups is 1. The van der Waals surface area contributed by atoms with Crippen LogP contribution >= 0.6 is 0 Å². The van der Waals surface area contributed by atoms with E-state index in [9.17, 15) is 18.3 Å². The number of rotatable bonds is 2. The molecule has 0 radical (unpaired) electrons. The van der Waals surface area contributed by atoms with Crippen LogP contribution in [0.25, 0.3) is 0 Å². The van der Waals surface area contributed by atoms with Gasteiger partial charge in [-0.15, -0.1) is 0 Å². The Morgan fingerprint density at radius 1 is 1.44 bits per heavy atom. The van der Waals surface area contributed by atoms with Gasteiger partial charge in [0.15, 0.2) is 0 Å². The maximum Gasteiger partial charge on any atom is 0.405 e. The van der Waals surface area contributed by atoms with Gasteiger partial charge in [-0.1, -0.05) is 0 Å². The lowest BCUT2D eigenvalue weighted by Crippen LogP contribution is -2.60. The fourth-order valence-corrected chi connectivity index (χ4v) is 2.33. The maximum atomic E-state index is 12.8. The van der Waals surface area contributed by atoms with Gasteiger partial charge in [0.2, 0.25) is 0 Å². The topological polar surface area (TPSA) is 49.5 Å². The molecule has 0 bridgehead atoms. The van der Waals surface area contributed by atoms with Crippen LogP contribution in [0, 0.1) is 0 Å². The minimum Gasteiger partial charge on any atom is -0.389 e. The van der Waals surface area contributed by atoms with Crippen LogP contribution in [0.5, 0.6) is 0 Å². The molecule has 0 aromatic heterocycles. The Morgan fingerprint density at radius 2 is 2.00 bits per heavy atom. The number of likely N-dealkylation sites (tertiary alicyclic amines) is 1. The Labute approximate surface area is 93.4 Å². The number of nitrogens with two attached hydrogens (primary N) is 1. The third-order valence-corrected chi connectivity index (χ3v) is 2.93. The third-order valence-electron chi connectivity index (χ3n) is 2.93. The van der Waals surface area contributed by atoms with Gasteiger partial charge in [-0.2, -0.15) is 13.2 Å². The quantitative estimate of drug-likeness (QED) is 0.760. The predicted molar refractivity (Wildman–Crippen MR) is 54.9 cm³/mol. The van der Waals surface area contributed by atoms with Crippen molar-refractivity contribution in [2.75, 3.05) is 13.1 Å². The molecule has 0 aromatic carbocycles. The van der Waals surface area contributed by atoms with Crippen molar-refractivity contribution < 1.29 is 18.3 Å². The highest BCUT2D eigenvalue weighted by Crippen LogP contribution is 2.31. The van der Waals surface area contributed by atoms with Crippen molar-refractivity contribution in [1.29, 1.82) is 0 Å². The van der Waals surface area contributed by atoms with Gasteiger partial charge in [0, 0.05) is 12.6 Å². The second-order valence-electron chi connectivity index (χ2n) is 4.92. The molecule has 1 aliphatic rings. The SMILES string of the molecule is CC(N)C(N1CCCC(C)(O)C1)C(F)(F)F. The Bertz CT molecular complexity index is 241. The van der Waals surface area contributed by atoms with E-state index in [1.165, 1.54) is 11.8 Å². The monoisotopic (exact) mass is 240 g/mol. The summed E-state index contributed by atoms with van der Waals surface area (Å²) < 4.78 is 38.4. The second-order valence-corrected chi connectivity index (χ2v) is 4.92. The van der Waals surface area contributed by atoms with Gasteiger partial charge in [0.25, 0.3) is 0 Å². The molecule has 3 atom stereocenters. The van der Waals surface area contributed by atoms with Crippen LogP contribution in [-0.2, 0) is 0 Å². The molecule has 1 aliphatic heterocycles. The zero-order chi connectivity index (χ0) is 12.6. The van der Waals surface area contributed by atoms with E-state index in [-0.39, 0.29) is 6.54 Å². The zero-order valence-electron chi connectivity index (χ0n) is 9.59. The summed E-state index contributed by atoms with van der Waals surface area (Å²) in [7, 11) is 0. The zero-order valence-corrected chi connectivity index (χ0v) is 9.59. The molecule has 6 heteroatoms. The number of alkyl halides is 3. The van der Waals surface area contributed by atoms with Gasteiger partial charge >= 0.3 is 6.18 Å². The first-order valence-electron chi connectivity index (χ1n) is 5.42. The molecule has 0 saturated carbocycles. The summed E-state index contributed by atoms with van der Waals surface area (Å²) in [5.41, 5.74) is 4.35. The highest BCUT2D eigenvalue weighted by Gasteiger charge is 2.48. The van der Waals surface area contributed by atoms with Crippen molar-refractivity contribution in [1.82, 2.24) is 4.90 Å². The van der Waals surface area contributed by atoms with Gasteiger partial charge in [-0.25, -0.2) is 0 Å². The molecule has 1 saturated heterocycles. The van der Waals surface area contributed by atoms with Crippen molar-refractivity contribution >= 4 is 0 Å². The number of nitrogens with zero attached hydrogens (tertiary/aromatic N) is 1. The van der Waals surface area contributed by atoms with Crippen LogP contribution in [0.15, 0.2) is 0 Å². The molecule has 0 aliphatic carbocycles. The van der Waals surface area contributed by atoms with Gasteiger partial charge in [0.05, 0.1) is 5.60 Å². The molecule has 1 rings (SSSR count). The van der Waals surface area contributed by atoms with Crippen LogP contribution in [0.2, 0.25) is 0 Å². The molecule has 16 heavy (non-hydrogen) atoms. The predicted octanol–water partition coefficient (Wildman–Crippen LogP) is 1.11. The van der Waals surface area contributed by atoms with Crippen molar-refractivity contribution in [2.24, 2.45) is 5.73 Å². The first-order valence-corrected chi connectivity index (χ1v) is 5.42. The first kappa shape index (κ1) is 13.7. The fraction of sp³-hybridized carbons (Fsp3) is 1.00. The summed E-state index contributed by atoms with van der Waals surface area (Å²) >= 11 is 0. The van der Waals surface area contributed by atoms with Crippen LogP contribution in [0.4, 0.5) is 13.2 Å². The van der Waals surface area contributed by atoms with Crippen LogP contribution < -0.4 is 5.73 Å². The van der Waals surface area contributed by atoms with Crippen molar-refractivity contribution in [3.8, 4) is 0 Å². The van der Waals surface area contributed by atoms with E-state index < -0.39 is 23.9 Å². The van der Waals surface area contributed by atoms with Crippen molar-refractivity contribution in [2.45, 2.75) is 50.6 Å². The Morgan fingerprint density at radius 3 is 2.38 bits per heavy atom. The minimum absolute atomic E-state index is 0.0265. The van der Waals surface area contributed by atoms with E-state index in [2.05, 4.69) is 0 Å². The largest absolute Gasteiger partial charge is 0.405 e. The average molecular weight is 240 g/mol. The van der Waals surface area contributed by atoms with Crippen LogP contribution in [0.3, 0.4) is 0 Å². The molecular formula is C10H19F3N2O. The van der Waals surface area contributed by atoms with Gasteiger partial charge < -0.3 is 10.8 Å². The number of piperidine rings is 1. The van der Waals surface area contributed by atoms with E-state index in [1.807, 2.05) is 0 Å². The smallest absolute Gasteiger partial charge is 0.389 e. The molecule has 1 heterocycles. The second kappa shape index (κ2) is 4.50. The highest BCUT2D eigenvalue weighted by molar-refractivity contribution is 4.92. The summed E-state index contributed by atoms with van der Waals surface area (Å²) in [5.74, 6) is 0. The lowest BCUT2D eigenvalue weighted by Gasteiger charge is -2.43. The summed E-state index contributed by atoms with van der Waals surface area (Å²) in [6.07, 6.45) is -3.25. The van der Waals surface area contributed by atoms with E-state index in [0.29, 0.717) is 19.4 Å². The number of β-amino-alcohol motifs (C(OH)–C–C–N with tert-alkyl or cyclic N) is 1. The summed E-state index contributed by atoms with van der Waals surface area (Å²) in [6, 6.07) is -2.66. The Hall–Kier alpha value is -0.330. The molecule has 3 nitrogen and oxygen atoms in total. The molecule has 96 valence electrons. The summed E-state index contributed by atoms with van der Waals surface area (Å²) in [4.78, 5) is 1.24. The highest BCUT2D eigenvalue weighted by atomic mass is 19.4. The Balaban J connectivity index is 2.80. The van der Waals surface area contributed by atoms with Crippen LogP contribution in [-0.4, -0.2) is 47.0 Å². The number of halogens is 3. The van der Waals surface area contributed by atoms with Gasteiger partial charge in [-0.3, -0.25) is 4.90 Å². The maximum absolute atomic E-state index is 12.8. The molecule has 0 spiro atoms. The van der Waals surface area contributed by atoms with Crippen molar-refractivity contribution in [3.05, 3.63) is 0 Å². The third kappa shape index (κ3) is 3.33. The molecular weight excluding hydrogens is 221 g/mol. The first-order chi connectivity index (χ1) is 7.13. The van der Waals surface area contributed by atoms with Crippen LogP contribution in [0.1, 0.15) is 26.7 Å². The molecule has 0 amide bonds. The van der Waals surface area contributed by atoms with Gasteiger partial charge in [0.1, 0.15) is 6.04 Å². The molecule has 3 unspecified atom stereocenters. The lowest BCUT2D eigenvalue weighted by atomic mass is 9.92. The number of hydrogen-bond donors (Lipinski definition) is 2. The van der Waals surface area contributed by atoms with Gasteiger partial charge in [-0.05, 0) is 33.2 Å². The van der Waals surface area contributed by atoms with E-state index in [1.54, 1.807) is 6.92 Å². The van der Waals surface area contributed by atoms with E-state index in [4.69, 9.17) is 5.73 Å².